The Kier molecular flexibility index (Phi) is 5.42. The number of carbonyl (C=O) groups excluding carboxylic acids is 1. The van der Waals surface area contributed by atoms with Gasteiger partial charge < -0.3 is 9.47 Å². The van der Waals surface area contributed by atoms with Crippen LogP contribution in [0.5, 0.6) is 0 Å². The lowest BCUT2D eigenvalue weighted by Gasteiger charge is -2.34. The Morgan fingerprint density at radius 2 is 2.06 bits per heavy atom. The van der Waals surface area contributed by atoms with Crippen molar-refractivity contribution in [1.29, 1.82) is 0 Å². The van der Waals surface area contributed by atoms with Crippen molar-refractivity contribution in [2.45, 2.75) is 52.1 Å². The van der Waals surface area contributed by atoms with Crippen LogP contribution in [0.2, 0.25) is 0 Å². The van der Waals surface area contributed by atoms with Gasteiger partial charge in [0.05, 0.1) is 6.61 Å². The molecule has 0 aromatic carbocycles. The fourth-order valence-electron chi connectivity index (χ4n) is 2.47. The van der Waals surface area contributed by atoms with Gasteiger partial charge in [0.25, 0.3) is 0 Å². The van der Waals surface area contributed by atoms with Crippen molar-refractivity contribution in [1.82, 2.24) is 0 Å². The molecule has 1 aliphatic rings. The van der Waals surface area contributed by atoms with Gasteiger partial charge in [-0.15, -0.1) is 0 Å². The number of carbonyl (C=O) groups is 1. The van der Waals surface area contributed by atoms with Crippen LogP contribution >= 0.6 is 0 Å². The zero-order chi connectivity index (χ0) is 12.0. The first-order chi connectivity index (χ1) is 7.70. The molecule has 0 radical (unpaired) electrons. The molecule has 1 heterocycles. The minimum absolute atomic E-state index is 0.0419. The van der Waals surface area contributed by atoms with Crippen LogP contribution in [0.1, 0.15) is 46.5 Å². The molecule has 0 aromatic heterocycles. The molecular weight excluding hydrogens is 204 g/mol. The molecule has 1 atom stereocenters. The van der Waals surface area contributed by atoms with Gasteiger partial charge in [-0.25, -0.2) is 0 Å². The highest BCUT2D eigenvalue weighted by Crippen LogP contribution is 2.29. The molecule has 0 N–H and O–H groups in total. The summed E-state index contributed by atoms with van der Waals surface area (Å²) < 4.78 is 11.1. The van der Waals surface area contributed by atoms with Gasteiger partial charge in [0, 0.05) is 19.1 Å². The summed E-state index contributed by atoms with van der Waals surface area (Å²) in [5.74, 6) is 0.291. The van der Waals surface area contributed by atoms with E-state index < -0.39 is 5.60 Å². The minimum Gasteiger partial charge on any atom is -0.381 e. The van der Waals surface area contributed by atoms with Crippen molar-refractivity contribution >= 4 is 5.78 Å². The summed E-state index contributed by atoms with van der Waals surface area (Å²) in [6.45, 7) is 7.98. The second-order valence-electron chi connectivity index (χ2n) is 4.41. The largest absolute Gasteiger partial charge is 0.381 e. The summed E-state index contributed by atoms with van der Waals surface area (Å²) >= 11 is 0. The van der Waals surface area contributed by atoms with Crippen molar-refractivity contribution in [3.05, 3.63) is 0 Å². The molecule has 3 nitrogen and oxygen atoms in total. The van der Waals surface area contributed by atoms with Gasteiger partial charge >= 0.3 is 0 Å². The van der Waals surface area contributed by atoms with Gasteiger partial charge in [-0.3, -0.25) is 4.79 Å². The zero-order valence-electron chi connectivity index (χ0n) is 10.8. The molecule has 1 saturated heterocycles. The fraction of sp³-hybridized carbons (Fsp3) is 0.923. The first-order valence-electron chi connectivity index (χ1n) is 6.46. The first kappa shape index (κ1) is 13.7. The quantitative estimate of drug-likeness (QED) is 0.701. The van der Waals surface area contributed by atoms with Crippen LogP contribution < -0.4 is 0 Å². The van der Waals surface area contributed by atoms with Crippen LogP contribution in [0.4, 0.5) is 0 Å². The number of Topliss-reactive ketones (excluding diaryl/α,β-unsaturated/α-hetero) is 1. The van der Waals surface area contributed by atoms with Crippen molar-refractivity contribution in [2.75, 3.05) is 19.8 Å². The SMILES string of the molecule is CCOC(CC)(CC)C(=O)C1CCCOC1. The Morgan fingerprint density at radius 3 is 2.50 bits per heavy atom. The number of ether oxygens (including phenoxy) is 2. The monoisotopic (exact) mass is 228 g/mol. The Labute approximate surface area is 98.5 Å². The predicted octanol–water partition coefficient (Wildman–Crippen LogP) is 2.58. The average Bonchev–Trinajstić information content (AvgIpc) is 2.36. The van der Waals surface area contributed by atoms with Gasteiger partial charge in [0.1, 0.15) is 5.60 Å². The van der Waals surface area contributed by atoms with E-state index in [9.17, 15) is 4.79 Å². The van der Waals surface area contributed by atoms with E-state index in [0.717, 1.165) is 32.3 Å². The van der Waals surface area contributed by atoms with Crippen LogP contribution in [-0.2, 0) is 14.3 Å². The van der Waals surface area contributed by atoms with E-state index in [1.807, 2.05) is 20.8 Å². The third kappa shape index (κ3) is 2.83. The molecule has 0 aromatic rings. The lowest BCUT2D eigenvalue weighted by atomic mass is 9.82. The van der Waals surface area contributed by atoms with Crippen molar-refractivity contribution in [3.8, 4) is 0 Å². The molecule has 16 heavy (non-hydrogen) atoms. The normalized spacial score (nSPS) is 22.1. The summed E-state index contributed by atoms with van der Waals surface area (Å²) in [6, 6.07) is 0. The average molecular weight is 228 g/mol. The summed E-state index contributed by atoms with van der Waals surface area (Å²) in [6.07, 6.45) is 3.46. The molecule has 1 unspecified atom stereocenters. The van der Waals surface area contributed by atoms with Crippen molar-refractivity contribution in [2.24, 2.45) is 5.92 Å². The summed E-state index contributed by atoms with van der Waals surface area (Å²) in [4.78, 5) is 12.5. The lowest BCUT2D eigenvalue weighted by molar-refractivity contribution is -0.153. The van der Waals surface area contributed by atoms with E-state index in [0.29, 0.717) is 13.2 Å². The predicted molar refractivity (Wildman–Crippen MR) is 63.5 cm³/mol. The van der Waals surface area contributed by atoms with Gasteiger partial charge in [0.2, 0.25) is 0 Å². The van der Waals surface area contributed by atoms with E-state index in [4.69, 9.17) is 9.47 Å². The topological polar surface area (TPSA) is 35.5 Å². The Bertz CT molecular complexity index is 215. The molecule has 1 fully saturated rings. The number of ketones is 1. The first-order valence-corrected chi connectivity index (χ1v) is 6.46. The molecule has 1 aliphatic heterocycles. The highest BCUT2D eigenvalue weighted by molar-refractivity contribution is 5.89. The maximum atomic E-state index is 12.5. The van der Waals surface area contributed by atoms with Crippen molar-refractivity contribution in [3.63, 3.8) is 0 Å². The molecule has 0 saturated carbocycles. The zero-order valence-corrected chi connectivity index (χ0v) is 10.8. The highest BCUT2D eigenvalue weighted by atomic mass is 16.5. The van der Waals surface area contributed by atoms with Crippen LogP contribution in [0.15, 0.2) is 0 Å². The van der Waals surface area contributed by atoms with Crippen LogP contribution in [-0.4, -0.2) is 31.2 Å². The van der Waals surface area contributed by atoms with Crippen molar-refractivity contribution < 1.29 is 14.3 Å². The standard InChI is InChI=1S/C13H24O3/c1-4-13(5-2,16-6-3)12(14)11-8-7-9-15-10-11/h11H,4-10H2,1-3H3. The second-order valence-corrected chi connectivity index (χ2v) is 4.41. The molecule has 0 spiro atoms. The smallest absolute Gasteiger partial charge is 0.169 e. The number of hydrogen-bond donors (Lipinski definition) is 0. The van der Waals surface area contributed by atoms with Crippen LogP contribution in [0.25, 0.3) is 0 Å². The Hall–Kier alpha value is -0.410. The Balaban J connectivity index is 2.72. The van der Waals surface area contributed by atoms with Gasteiger partial charge in [0.15, 0.2) is 5.78 Å². The third-order valence-corrected chi connectivity index (χ3v) is 3.54. The maximum absolute atomic E-state index is 12.5. The van der Waals surface area contributed by atoms with E-state index in [2.05, 4.69) is 0 Å². The van der Waals surface area contributed by atoms with E-state index >= 15 is 0 Å². The second kappa shape index (κ2) is 6.36. The number of hydrogen-bond acceptors (Lipinski definition) is 3. The van der Waals surface area contributed by atoms with E-state index in [1.165, 1.54) is 0 Å². The van der Waals surface area contributed by atoms with Crippen LogP contribution in [0.3, 0.4) is 0 Å². The maximum Gasteiger partial charge on any atom is 0.169 e. The third-order valence-electron chi connectivity index (χ3n) is 3.54. The summed E-state index contributed by atoms with van der Waals surface area (Å²) in [7, 11) is 0. The van der Waals surface area contributed by atoms with Gasteiger partial charge in [-0.1, -0.05) is 13.8 Å². The van der Waals surface area contributed by atoms with Gasteiger partial charge in [-0.2, -0.15) is 0 Å². The van der Waals surface area contributed by atoms with Gasteiger partial charge in [-0.05, 0) is 32.6 Å². The Morgan fingerprint density at radius 1 is 1.38 bits per heavy atom. The van der Waals surface area contributed by atoms with E-state index in [1.54, 1.807) is 0 Å². The molecule has 94 valence electrons. The van der Waals surface area contributed by atoms with E-state index in [-0.39, 0.29) is 11.7 Å². The molecule has 3 heteroatoms. The molecule has 0 aliphatic carbocycles. The fourth-order valence-corrected chi connectivity index (χ4v) is 2.47. The highest BCUT2D eigenvalue weighted by Gasteiger charge is 2.40. The molecule has 1 rings (SSSR count). The van der Waals surface area contributed by atoms with Crippen LogP contribution in [0, 0.1) is 5.92 Å². The molecule has 0 bridgehead atoms. The minimum atomic E-state index is -0.569. The number of rotatable bonds is 6. The molecular formula is C13H24O3. The summed E-state index contributed by atoms with van der Waals surface area (Å²) in [5.41, 5.74) is -0.569. The lowest BCUT2D eigenvalue weighted by Crippen LogP contribution is -2.46. The molecule has 0 amide bonds. The summed E-state index contributed by atoms with van der Waals surface area (Å²) in [5, 5.41) is 0.